The zero-order chi connectivity index (χ0) is 36.5. The number of benzene rings is 4. The fourth-order valence-corrected chi connectivity index (χ4v) is 5.21. The molecular formula is C37H44N2O10S. The predicted octanol–water partition coefficient (Wildman–Crippen LogP) is 4.25. The molecule has 0 spiro atoms. The van der Waals surface area contributed by atoms with E-state index in [1.54, 1.807) is 44.6 Å². The average Bonchev–Trinajstić information content (AvgIpc) is 3.08. The van der Waals surface area contributed by atoms with Gasteiger partial charge in [-0.2, -0.15) is 8.42 Å². The molecular weight excluding hydrogens is 664 g/mol. The molecule has 3 N–H and O–H groups in total. The van der Waals surface area contributed by atoms with Gasteiger partial charge < -0.3 is 38.9 Å². The maximum absolute atomic E-state index is 12.2. The Morgan fingerprint density at radius 2 is 1.08 bits per heavy atom. The summed E-state index contributed by atoms with van der Waals surface area (Å²) >= 11 is 0. The summed E-state index contributed by atoms with van der Waals surface area (Å²) in [6.45, 7) is 1.03. The summed E-state index contributed by atoms with van der Waals surface area (Å²) in [6, 6.07) is 25.1. The van der Waals surface area contributed by atoms with E-state index in [4.69, 9.17) is 23.1 Å². The van der Waals surface area contributed by atoms with Gasteiger partial charge in [-0.05, 0) is 83.6 Å². The van der Waals surface area contributed by atoms with Crippen molar-refractivity contribution in [3.63, 3.8) is 0 Å². The molecule has 12 nitrogen and oxygen atoms in total. The highest BCUT2D eigenvalue weighted by Crippen LogP contribution is 2.29. The van der Waals surface area contributed by atoms with Crippen LogP contribution in [0, 0.1) is 0 Å². The van der Waals surface area contributed by atoms with Crippen molar-refractivity contribution in [2.24, 2.45) is 0 Å². The molecule has 4 rings (SSSR count). The van der Waals surface area contributed by atoms with Gasteiger partial charge in [-0.1, -0.05) is 36.4 Å². The molecule has 0 saturated heterocycles. The molecule has 0 unspecified atom stereocenters. The van der Waals surface area contributed by atoms with Crippen molar-refractivity contribution in [2.75, 3.05) is 47.8 Å². The lowest BCUT2D eigenvalue weighted by atomic mass is 10.1. The van der Waals surface area contributed by atoms with E-state index in [0.717, 1.165) is 40.9 Å². The Morgan fingerprint density at radius 3 is 1.52 bits per heavy atom. The molecule has 0 aliphatic heterocycles. The van der Waals surface area contributed by atoms with Crippen LogP contribution in [0.15, 0.2) is 84.9 Å². The molecule has 4 aromatic carbocycles. The number of rotatable bonds is 16. The molecule has 2 amide bonds. The highest BCUT2D eigenvalue weighted by Gasteiger charge is 2.13. The summed E-state index contributed by atoms with van der Waals surface area (Å²) in [4.78, 5) is 24.1. The van der Waals surface area contributed by atoms with Crippen molar-refractivity contribution >= 4 is 21.9 Å². The molecule has 0 saturated carbocycles. The first-order chi connectivity index (χ1) is 23.9. The minimum Gasteiger partial charge on any atom is -0.504 e. The van der Waals surface area contributed by atoms with Gasteiger partial charge in [0.05, 0.1) is 47.5 Å². The third-order valence-corrected chi connectivity index (χ3v) is 7.66. The zero-order valence-electron chi connectivity index (χ0n) is 28.9. The zero-order valence-corrected chi connectivity index (χ0v) is 29.7. The SMILES string of the molecule is COc1cccc(CCNC(=O)Cc2ccc(OC)c(O)c2)c1.COc1cccc(CCNC(=O)Cc2ccc(OC)c(OS(C)(=O)=O)c2)c1. The first-order valence-electron chi connectivity index (χ1n) is 15.6. The smallest absolute Gasteiger partial charge is 0.306 e. The van der Waals surface area contributed by atoms with Crippen LogP contribution in [0.4, 0.5) is 0 Å². The van der Waals surface area contributed by atoms with Gasteiger partial charge in [-0.15, -0.1) is 0 Å². The van der Waals surface area contributed by atoms with Gasteiger partial charge in [-0.25, -0.2) is 0 Å². The average molecular weight is 709 g/mol. The van der Waals surface area contributed by atoms with Gasteiger partial charge in [0.2, 0.25) is 11.8 Å². The van der Waals surface area contributed by atoms with Crippen molar-refractivity contribution in [2.45, 2.75) is 25.7 Å². The second kappa shape index (κ2) is 19.5. The number of carbonyl (C=O) groups is 2. The second-order valence-electron chi connectivity index (χ2n) is 11.0. The van der Waals surface area contributed by atoms with E-state index in [-0.39, 0.29) is 41.9 Å². The molecule has 0 heterocycles. The van der Waals surface area contributed by atoms with E-state index in [0.29, 0.717) is 30.8 Å². The highest BCUT2D eigenvalue weighted by atomic mass is 32.2. The summed E-state index contributed by atoms with van der Waals surface area (Å²) in [6.07, 6.45) is 2.67. The lowest BCUT2D eigenvalue weighted by Gasteiger charge is -2.11. The number of phenolic OH excluding ortho intramolecular Hbond substituents is 1. The first-order valence-corrected chi connectivity index (χ1v) is 17.5. The van der Waals surface area contributed by atoms with Crippen molar-refractivity contribution in [3.8, 4) is 34.5 Å². The van der Waals surface area contributed by atoms with Gasteiger partial charge in [0.15, 0.2) is 23.0 Å². The topological polar surface area (TPSA) is 159 Å². The molecule has 0 bridgehead atoms. The number of methoxy groups -OCH3 is 4. The third kappa shape index (κ3) is 13.6. The number of hydrogen-bond donors (Lipinski definition) is 3. The van der Waals surface area contributed by atoms with E-state index >= 15 is 0 Å². The van der Waals surface area contributed by atoms with Gasteiger partial charge in [0.25, 0.3) is 0 Å². The minimum absolute atomic E-state index is 0.0363. The number of ether oxygens (including phenoxy) is 4. The Morgan fingerprint density at radius 1 is 0.600 bits per heavy atom. The standard InChI is InChI=1S/C19H23NO6S.C18H21NO4/c1-24-16-6-4-5-14(11-16)9-10-20-19(21)13-15-7-8-17(25-2)18(12-15)26-27(3,22)23;1-22-15-5-3-4-13(10-15)8-9-19-18(21)12-14-6-7-17(23-2)16(20)11-14/h4-8,11-12H,9-10,13H2,1-3H3,(H,20,21);3-7,10-11,20H,8-9,12H2,1-2H3,(H,19,21). The van der Waals surface area contributed by atoms with Crippen molar-refractivity contribution in [3.05, 3.63) is 107 Å². The molecule has 0 aliphatic rings. The van der Waals surface area contributed by atoms with Gasteiger partial charge in [0, 0.05) is 13.1 Å². The molecule has 13 heteroatoms. The second-order valence-corrected chi connectivity index (χ2v) is 12.6. The minimum atomic E-state index is -3.70. The molecule has 0 atom stereocenters. The van der Waals surface area contributed by atoms with Crippen molar-refractivity contribution in [1.82, 2.24) is 10.6 Å². The summed E-state index contributed by atoms with van der Waals surface area (Å²) in [5.74, 6) is 2.09. The quantitative estimate of drug-likeness (QED) is 0.144. The Hall–Kier alpha value is -5.43. The van der Waals surface area contributed by atoms with E-state index in [9.17, 15) is 23.1 Å². The number of phenols is 1. The first kappa shape index (κ1) is 39.0. The van der Waals surface area contributed by atoms with Crippen LogP contribution in [0.5, 0.6) is 34.5 Å². The molecule has 0 aliphatic carbocycles. The van der Waals surface area contributed by atoms with Crippen LogP contribution in [0.25, 0.3) is 0 Å². The number of nitrogens with one attached hydrogen (secondary N) is 2. The van der Waals surface area contributed by atoms with Gasteiger partial charge in [-0.3, -0.25) is 9.59 Å². The van der Waals surface area contributed by atoms with E-state index < -0.39 is 10.1 Å². The predicted molar refractivity (Wildman–Crippen MR) is 190 cm³/mol. The fraction of sp³-hybridized carbons (Fsp3) is 0.297. The molecule has 0 radical (unpaired) electrons. The Bertz CT molecular complexity index is 1830. The van der Waals surface area contributed by atoms with Crippen LogP contribution in [-0.2, 0) is 45.4 Å². The molecule has 50 heavy (non-hydrogen) atoms. The normalized spacial score (nSPS) is 10.6. The number of aromatic hydroxyl groups is 1. The molecule has 268 valence electrons. The van der Waals surface area contributed by atoms with Crippen LogP contribution in [0.2, 0.25) is 0 Å². The highest BCUT2D eigenvalue weighted by molar-refractivity contribution is 7.86. The van der Waals surface area contributed by atoms with Crippen LogP contribution in [0.3, 0.4) is 0 Å². The summed E-state index contributed by atoms with van der Waals surface area (Å²) in [7, 11) is 2.44. The van der Waals surface area contributed by atoms with Crippen molar-refractivity contribution < 1.29 is 46.2 Å². The van der Waals surface area contributed by atoms with Crippen LogP contribution >= 0.6 is 0 Å². The van der Waals surface area contributed by atoms with Crippen molar-refractivity contribution in [1.29, 1.82) is 0 Å². The van der Waals surface area contributed by atoms with Crippen LogP contribution < -0.4 is 33.8 Å². The summed E-state index contributed by atoms with van der Waals surface area (Å²) in [5, 5.41) is 15.4. The van der Waals surface area contributed by atoms with Crippen LogP contribution in [0.1, 0.15) is 22.3 Å². The monoisotopic (exact) mass is 708 g/mol. The lowest BCUT2D eigenvalue weighted by Crippen LogP contribution is -2.27. The molecule has 0 aromatic heterocycles. The number of hydrogen-bond acceptors (Lipinski definition) is 10. The third-order valence-electron chi connectivity index (χ3n) is 7.18. The van der Waals surface area contributed by atoms with Gasteiger partial charge in [0.1, 0.15) is 11.5 Å². The Labute approximate surface area is 293 Å². The van der Waals surface area contributed by atoms with E-state index in [1.807, 2.05) is 48.5 Å². The maximum atomic E-state index is 12.2. The molecule has 0 fully saturated rings. The maximum Gasteiger partial charge on any atom is 0.306 e. The number of carbonyl (C=O) groups excluding carboxylic acids is 2. The fourth-order valence-electron chi connectivity index (χ4n) is 4.75. The van der Waals surface area contributed by atoms with Crippen LogP contribution in [-0.4, -0.2) is 73.1 Å². The van der Waals surface area contributed by atoms with E-state index in [1.165, 1.54) is 20.3 Å². The van der Waals surface area contributed by atoms with E-state index in [2.05, 4.69) is 10.6 Å². The lowest BCUT2D eigenvalue weighted by molar-refractivity contribution is -0.121. The number of amides is 2. The Kier molecular flexibility index (Phi) is 15.2. The molecule has 4 aromatic rings. The Balaban J connectivity index is 0.000000274. The van der Waals surface area contributed by atoms with Gasteiger partial charge >= 0.3 is 10.1 Å². The summed E-state index contributed by atoms with van der Waals surface area (Å²) < 4.78 is 48.0. The summed E-state index contributed by atoms with van der Waals surface area (Å²) in [5.41, 5.74) is 3.52. The largest absolute Gasteiger partial charge is 0.504 e.